The molecule has 2 rings (SSSR count). The van der Waals surface area contributed by atoms with Crippen LogP contribution in [0.1, 0.15) is 24.8 Å². The largest absolute Gasteiger partial charge is 0.327 e. The van der Waals surface area contributed by atoms with Crippen molar-refractivity contribution >= 4 is 0 Å². The maximum atomic E-state index is 6.02. The van der Waals surface area contributed by atoms with E-state index in [1.165, 1.54) is 18.4 Å². The highest BCUT2D eigenvalue weighted by Crippen LogP contribution is 2.32. The minimum atomic E-state index is 0.424. The van der Waals surface area contributed by atoms with Crippen molar-refractivity contribution in [1.29, 1.82) is 0 Å². The summed E-state index contributed by atoms with van der Waals surface area (Å²) >= 11 is 0. The molecule has 1 aliphatic carbocycles. The van der Waals surface area contributed by atoms with Gasteiger partial charge in [0.2, 0.25) is 0 Å². The van der Waals surface area contributed by atoms with Gasteiger partial charge in [-0.15, -0.1) is 0 Å². The highest BCUT2D eigenvalue weighted by atomic mass is 14.9. The quantitative estimate of drug-likeness (QED) is 0.695. The van der Waals surface area contributed by atoms with Crippen LogP contribution in [0.15, 0.2) is 30.3 Å². The molecule has 1 saturated carbocycles. The van der Waals surface area contributed by atoms with Crippen LogP contribution in [0.4, 0.5) is 0 Å². The van der Waals surface area contributed by atoms with E-state index in [9.17, 15) is 0 Å². The van der Waals surface area contributed by atoms with Crippen molar-refractivity contribution in [3.05, 3.63) is 35.9 Å². The molecule has 0 aliphatic heterocycles. The van der Waals surface area contributed by atoms with E-state index in [-0.39, 0.29) is 0 Å². The number of nitrogens with one attached hydrogen (secondary N) is 1. The molecule has 1 unspecified atom stereocenters. The lowest BCUT2D eigenvalue weighted by Crippen LogP contribution is -2.28. The zero-order chi connectivity index (χ0) is 10.5. The Morgan fingerprint density at radius 3 is 2.67 bits per heavy atom. The lowest BCUT2D eigenvalue weighted by Gasteiger charge is -2.10. The maximum absolute atomic E-state index is 6.02. The van der Waals surface area contributed by atoms with E-state index in [4.69, 9.17) is 5.73 Å². The summed E-state index contributed by atoms with van der Waals surface area (Å²) in [5.74, 6) is 0.823. The van der Waals surface area contributed by atoms with E-state index in [0.29, 0.717) is 6.04 Å². The van der Waals surface area contributed by atoms with Crippen LogP contribution in [0.25, 0.3) is 0 Å². The monoisotopic (exact) mass is 204 g/mol. The van der Waals surface area contributed by atoms with Crippen LogP contribution in [0, 0.1) is 5.92 Å². The lowest BCUT2D eigenvalue weighted by molar-refractivity contribution is 0.517. The highest BCUT2D eigenvalue weighted by molar-refractivity contribution is 5.14. The van der Waals surface area contributed by atoms with Gasteiger partial charge < -0.3 is 11.1 Å². The topological polar surface area (TPSA) is 38.0 Å². The van der Waals surface area contributed by atoms with Crippen LogP contribution < -0.4 is 11.1 Å². The summed E-state index contributed by atoms with van der Waals surface area (Å²) in [6.07, 6.45) is 3.80. The van der Waals surface area contributed by atoms with Crippen molar-refractivity contribution in [1.82, 2.24) is 5.32 Å². The second-order valence-electron chi connectivity index (χ2n) is 4.45. The van der Waals surface area contributed by atoms with Crippen LogP contribution in [-0.4, -0.2) is 12.6 Å². The molecule has 1 aromatic carbocycles. The molecule has 0 heterocycles. The van der Waals surface area contributed by atoms with E-state index in [0.717, 1.165) is 25.4 Å². The highest BCUT2D eigenvalue weighted by Gasteiger charge is 2.27. The minimum Gasteiger partial charge on any atom is -0.327 e. The first-order valence-electron chi connectivity index (χ1n) is 5.86. The molecule has 3 N–H and O–H groups in total. The van der Waals surface area contributed by atoms with Gasteiger partial charge in [-0.2, -0.15) is 0 Å². The molecule has 0 spiro atoms. The molecule has 0 radical (unpaired) electrons. The Morgan fingerprint density at radius 1 is 1.27 bits per heavy atom. The van der Waals surface area contributed by atoms with Crippen molar-refractivity contribution in [3.63, 3.8) is 0 Å². The molecule has 0 bridgehead atoms. The van der Waals surface area contributed by atoms with Gasteiger partial charge in [0, 0.05) is 12.6 Å². The van der Waals surface area contributed by atoms with Crippen molar-refractivity contribution in [2.45, 2.75) is 31.8 Å². The Kier molecular flexibility index (Phi) is 3.75. The Morgan fingerprint density at radius 2 is 2.00 bits per heavy atom. The molecule has 1 atom stereocenters. The van der Waals surface area contributed by atoms with E-state index < -0.39 is 0 Å². The SMILES string of the molecule is NC(CCNCc1ccccc1)C1CC1. The third-order valence-electron chi connectivity index (χ3n) is 3.05. The van der Waals surface area contributed by atoms with Gasteiger partial charge in [-0.05, 0) is 37.3 Å². The summed E-state index contributed by atoms with van der Waals surface area (Å²) in [4.78, 5) is 0. The lowest BCUT2D eigenvalue weighted by atomic mass is 10.1. The Labute approximate surface area is 91.9 Å². The van der Waals surface area contributed by atoms with Gasteiger partial charge in [0.25, 0.3) is 0 Å². The molecule has 2 nitrogen and oxygen atoms in total. The molecule has 82 valence electrons. The van der Waals surface area contributed by atoms with E-state index >= 15 is 0 Å². The smallest absolute Gasteiger partial charge is 0.0205 e. The maximum Gasteiger partial charge on any atom is 0.0205 e. The summed E-state index contributed by atoms with van der Waals surface area (Å²) in [5, 5.41) is 3.44. The molecule has 0 amide bonds. The van der Waals surface area contributed by atoms with E-state index in [1.807, 2.05) is 6.07 Å². The zero-order valence-corrected chi connectivity index (χ0v) is 9.15. The fourth-order valence-corrected chi connectivity index (χ4v) is 1.86. The Balaban J connectivity index is 1.58. The van der Waals surface area contributed by atoms with Crippen LogP contribution >= 0.6 is 0 Å². The summed E-state index contributed by atoms with van der Waals surface area (Å²) < 4.78 is 0. The summed E-state index contributed by atoms with van der Waals surface area (Å²) in [6.45, 7) is 1.99. The van der Waals surface area contributed by atoms with Crippen LogP contribution in [0.2, 0.25) is 0 Å². The van der Waals surface area contributed by atoms with Gasteiger partial charge in [-0.3, -0.25) is 0 Å². The van der Waals surface area contributed by atoms with Gasteiger partial charge in [0.15, 0.2) is 0 Å². The molecule has 1 aliphatic rings. The first-order valence-corrected chi connectivity index (χ1v) is 5.86. The molecule has 1 aromatic rings. The molecule has 0 saturated heterocycles. The summed E-state index contributed by atoms with van der Waals surface area (Å²) in [6, 6.07) is 10.9. The fourth-order valence-electron chi connectivity index (χ4n) is 1.86. The molecule has 0 aromatic heterocycles. The standard InChI is InChI=1S/C13H20N2/c14-13(12-6-7-12)8-9-15-10-11-4-2-1-3-5-11/h1-5,12-13,15H,6-10,14H2. The van der Waals surface area contributed by atoms with Crippen LogP contribution in [0.3, 0.4) is 0 Å². The summed E-state index contributed by atoms with van der Waals surface area (Å²) in [7, 11) is 0. The molecular formula is C13H20N2. The third kappa shape index (κ3) is 3.65. The second-order valence-corrected chi connectivity index (χ2v) is 4.45. The first-order chi connectivity index (χ1) is 7.36. The Hall–Kier alpha value is -0.860. The molecule has 2 heteroatoms. The van der Waals surface area contributed by atoms with Gasteiger partial charge in [0.1, 0.15) is 0 Å². The van der Waals surface area contributed by atoms with E-state index in [1.54, 1.807) is 0 Å². The Bertz CT molecular complexity index is 280. The zero-order valence-electron chi connectivity index (χ0n) is 9.15. The number of benzene rings is 1. The van der Waals surface area contributed by atoms with Gasteiger partial charge in [-0.25, -0.2) is 0 Å². The van der Waals surface area contributed by atoms with Gasteiger partial charge >= 0.3 is 0 Å². The molecular weight excluding hydrogens is 184 g/mol. The third-order valence-corrected chi connectivity index (χ3v) is 3.05. The molecule has 15 heavy (non-hydrogen) atoms. The molecule has 1 fully saturated rings. The summed E-state index contributed by atoms with van der Waals surface area (Å²) in [5.41, 5.74) is 7.36. The average molecular weight is 204 g/mol. The number of hydrogen-bond acceptors (Lipinski definition) is 2. The van der Waals surface area contributed by atoms with Crippen LogP contribution in [-0.2, 0) is 6.54 Å². The predicted octanol–water partition coefficient (Wildman–Crippen LogP) is 1.90. The number of hydrogen-bond donors (Lipinski definition) is 2. The van der Waals surface area contributed by atoms with Crippen molar-refractivity contribution in [2.75, 3.05) is 6.54 Å². The van der Waals surface area contributed by atoms with Gasteiger partial charge in [-0.1, -0.05) is 30.3 Å². The normalized spacial score (nSPS) is 17.7. The van der Waals surface area contributed by atoms with Gasteiger partial charge in [0.05, 0.1) is 0 Å². The fraction of sp³-hybridized carbons (Fsp3) is 0.538. The average Bonchev–Trinajstić information content (AvgIpc) is 3.09. The minimum absolute atomic E-state index is 0.424. The van der Waals surface area contributed by atoms with Crippen molar-refractivity contribution < 1.29 is 0 Å². The van der Waals surface area contributed by atoms with Crippen molar-refractivity contribution in [2.24, 2.45) is 11.7 Å². The predicted molar refractivity (Wildman–Crippen MR) is 63.5 cm³/mol. The first kappa shape index (κ1) is 10.7. The number of nitrogens with two attached hydrogens (primary N) is 1. The van der Waals surface area contributed by atoms with Crippen molar-refractivity contribution in [3.8, 4) is 0 Å². The number of rotatable bonds is 6. The van der Waals surface area contributed by atoms with Crippen LogP contribution in [0.5, 0.6) is 0 Å². The second kappa shape index (κ2) is 5.29. The van der Waals surface area contributed by atoms with E-state index in [2.05, 4.69) is 29.6 Å².